The van der Waals surface area contributed by atoms with E-state index in [9.17, 15) is 4.79 Å². The molecule has 1 aromatic heterocycles. The van der Waals surface area contributed by atoms with Crippen LogP contribution < -0.4 is 0 Å². The van der Waals surface area contributed by atoms with Crippen LogP contribution in [0, 0.1) is 6.92 Å². The van der Waals surface area contributed by atoms with E-state index in [0.29, 0.717) is 6.61 Å². The van der Waals surface area contributed by atoms with Gasteiger partial charge in [-0.1, -0.05) is 12.1 Å². The van der Waals surface area contributed by atoms with Crippen LogP contribution >= 0.6 is 0 Å². The third-order valence-corrected chi connectivity index (χ3v) is 2.91. The summed E-state index contributed by atoms with van der Waals surface area (Å²) in [4.78, 5) is 12.0. The number of nitrogens with zero attached hydrogens (tertiary/aromatic N) is 2. The second-order valence-electron chi connectivity index (χ2n) is 4.10. The van der Waals surface area contributed by atoms with Gasteiger partial charge < -0.3 is 4.74 Å². The third-order valence-electron chi connectivity index (χ3n) is 2.91. The van der Waals surface area contributed by atoms with Crippen molar-refractivity contribution in [2.75, 3.05) is 6.61 Å². The van der Waals surface area contributed by atoms with Gasteiger partial charge in [-0.2, -0.15) is 9.78 Å². The van der Waals surface area contributed by atoms with Crippen LogP contribution in [0.2, 0.25) is 0 Å². The minimum absolute atomic E-state index is 0.0631. The summed E-state index contributed by atoms with van der Waals surface area (Å²) in [5, 5.41) is 5.11. The zero-order chi connectivity index (χ0) is 11.1. The molecule has 4 nitrogen and oxygen atoms in total. The van der Waals surface area contributed by atoms with Gasteiger partial charge in [-0.05, 0) is 18.6 Å². The summed E-state index contributed by atoms with van der Waals surface area (Å²) in [7, 11) is 0. The second kappa shape index (κ2) is 3.42. The minimum Gasteiger partial charge on any atom is -0.368 e. The van der Waals surface area contributed by atoms with Crippen LogP contribution in [-0.2, 0) is 4.74 Å². The largest absolute Gasteiger partial charge is 0.368 e. The molecule has 1 unspecified atom stereocenters. The Morgan fingerprint density at radius 1 is 1.56 bits per heavy atom. The number of aryl methyl sites for hydroxylation is 1. The number of carbonyl (C=O) groups is 1. The summed E-state index contributed by atoms with van der Waals surface area (Å²) in [5.74, 6) is -0.0631. The smallest absolute Gasteiger partial charge is 0.276 e. The first-order chi connectivity index (χ1) is 7.75. The molecule has 1 aliphatic rings. The summed E-state index contributed by atoms with van der Waals surface area (Å²) in [6.07, 6.45) is 2.21. The zero-order valence-electron chi connectivity index (χ0n) is 9.01. The first-order valence-electron chi connectivity index (χ1n) is 5.36. The molecule has 0 radical (unpaired) electrons. The number of fused-ring (bicyclic) bond motifs is 1. The normalized spacial score (nSPS) is 19.7. The molecule has 0 bridgehead atoms. The van der Waals surface area contributed by atoms with E-state index in [2.05, 4.69) is 5.10 Å². The molecule has 1 aromatic carbocycles. The van der Waals surface area contributed by atoms with Crippen molar-refractivity contribution in [2.24, 2.45) is 0 Å². The average molecular weight is 216 g/mol. The average Bonchev–Trinajstić information content (AvgIpc) is 2.57. The molecule has 0 spiro atoms. The van der Waals surface area contributed by atoms with Crippen LogP contribution in [0.1, 0.15) is 16.8 Å². The van der Waals surface area contributed by atoms with E-state index < -0.39 is 0 Å². The van der Waals surface area contributed by atoms with Crippen LogP contribution in [-0.4, -0.2) is 28.4 Å². The molecule has 4 heteroatoms. The molecule has 1 fully saturated rings. The summed E-state index contributed by atoms with van der Waals surface area (Å²) >= 11 is 0. The predicted molar refractivity (Wildman–Crippen MR) is 59.5 cm³/mol. The van der Waals surface area contributed by atoms with Gasteiger partial charge in [0.1, 0.15) is 6.10 Å². The molecule has 2 aromatic rings. The Morgan fingerprint density at radius 2 is 2.38 bits per heavy atom. The fraction of sp³-hybridized carbons (Fsp3) is 0.333. The van der Waals surface area contributed by atoms with E-state index >= 15 is 0 Å². The number of ether oxygens (including phenoxy) is 1. The van der Waals surface area contributed by atoms with Gasteiger partial charge in [-0.25, -0.2) is 0 Å². The van der Waals surface area contributed by atoms with Gasteiger partial charge in [0.25, 0.3) is 5.91 Å². The van der Waals surface area contributed by atoms with Crippen LogP contribution in [0.5, 0.6) is 0 Å². The summed E-state index contributed by atoms with van der Waals surface area (Å²) in [6, 6.07) is 5.96. The van der Waals surface area contributed by atoms with E-state index in [1.54, 1.807) is 6.20 Å². The van der Waals surface area contributed by atoms with Crippen molar-refractivity contribution < 1.29 is 9.53 Å². The number of aromatic nitrogens is 2. The highest BCUT2D eigenvalue weighted by molar-refractivity contribution is 5.93. The van der Waals surface area contributed by atoms with Crippen LogP contribution in [0.3, 0.4) is 0 Å². The topological polar surface area (TPSA) is 44.1 Å². The van der Waals surface area contributed by atoms with Crippen molar-refractivity contribution in [3.05, 3.63) is 30.0 Å². The van der Waals surface area contributed by atoms with Gasteiger partial charge in [0.2, 0.25) is 0 Å². The molecular weight excluding hydrogens is 204 g/mol. The van der Waals surface area contributed by atoms with Gasteiger partial charge in [0.05, 0.1) is 18.3 Å². The van der Waals surface area contributed by atoms with Crippen LogP contribution in [0.4, 0.5) is 0 Å². The van der Waals surface area contributed by atoms with Gasteiger partial charge in [-0.3, -0.25) is 4.79 Å². The van der Waals surface area contributed by atoms with Gasteiger partial charge in [0.15, 0.2) is 0 Å². The van der Waals surface area contributed by atoms with Crippen molar-refractivity contribution in [1.82, 2.24) is 9.78 Å². The first kappa shape index (κ1) is 9.54. The monoisotopic (exact) mass is 216 g/mol. The number of hydrogen-bond donors (Lipinski definition) is 0. The lowest BCUT2D eigenvalue weighted by atomic mass is 10.1. The van der Waals surface area contributed by atoms with Crippen LogP contribution in [0.15, 0.2) is 24.4 Å². The van der Waals surface area contributed by atoms with Crippen molar-refractivity contribution in [3.8, 4) is 0 Å². The van der Waals surface area contributed by atoms with Crippen molar-refractivity contribution in [3.63, 3.8) is 0 Å². The van der Waals surface area contributed by atoms with Gasteiger partial charge >= 0.3 is 0 Å². The lowest BCUT2D eigenvalue weighted by Crippen LogP contribution is -2.38. The Labute approximate surface area is 92.8 Å². The predicted octanol–water partition coefficient (Wildman–Crippen LogP) is 1.77. The zero-order valence-corrected chi connectivity index (χ0v) is 9.01. The molecule has 0 aliphatic carbocycles. The highest BCUT2D eigenvalue weighted by Gasteiger charge is 2.28. The summed E-state index contributed by atoms with van der Waals surface area (Å²) in [6.45, 7) is 2.68. The van der Waals surface area contributed by atoms with E-state index in [4.69, 9.17) is 4.74 Å². The third kappa shape index (κ3) is 1.34. The highest BCUT2D eigenvalue weighted by Crippen LogP contribution is 2.19. The fourth-order valence-corrected chi connectivity index (χ4v) is 1.87. The van der Waals surface area contributed by atoms with Crippen molar-refractivity contribution >= 4 is 16.8 Å². The van der Waals surface area contributed by atoms with Crippen molar-refractivity contribution in [2.45, 2.75) is 19.4 Å². The molecule has 1 saturated heterocycles. The molecular formula is C12H12N2O2. The lowest BCUT2D eigenvalue weighted by molar-refractivity contribution is -0.0376. The molecule has 82 valence electrons. The number of hydrogen-bond acceptors (Lipinski definition) is 3. The quantitative estimate of drug-likeness (QED) is 0.729. The number of carbonyl (C=O) groups excluding carboxylic acids is 1. The van der Waals surface area contributed by atoms with E-state index in [1.807, 2.05) is 25.1 Å². The molecule has 0 amide bonds. The Hall–Kier alpha value is -1.68. The number of benzene rings is 1. The Kier molecular flexibility index (Phi) is 2.04. The highest BCUT2D eigenvalue weighted by atomic mass is 16.5. The minimum atomic E-state index is -0.302. The number of rotatable bonds is 1. The Morgan fingerprint density at radius 3 is 3.06 bits per heavy atom. The lowest BCUT2D eigenvalue weighted by Gasteiger charge is -2.24. The van der Waals surface area contributed by atoms with Gasteiger partial charge in [0, 0.05) is 11.8 Å². The maximum absolute atomic E-state index is 12.0. The van der Waals surface area contributed by atoms with E-state index in [-0.39, 0.29) is 12.0 Å². The molecule has 16 heavy (non-hydrogen) atoms. The maximum Gasteiger partial charge on any atom is 0.276 e. The maximum atomic E-state index is 12.0. The molecule has 0 N–H and O–H groups in total. The van der Waals surface area contributed by atoms with Crippen molar-refractivity contribution in [1.29, 1.82) is 0 Å². The van der Waals surface area contributed by atoms with Crippen LogP contribution in [0.25, 0.3) is 10.9 Å². The fourth-order valence-electron chi connectivity index (χ4n) is 1.87. The molecule has 1 atom stereocenters. The summed E-state index contributed by atoms with van der Waals surface area (Å²) in [5.41, 5.74) is 1.98. The molecule has 2 heterocycles. The molecule has 0 saturated carbocycles. The molecule has 3 rings (SSSR count). The SMILES string of the molecule is Cc1ccc2cnn(C(=O)C3CCO3)c2c1. The van der Waals surface area contributed by atoms with E-state index in [1.165, 1.54) is 4.68 Å². The Bertz CT molecular complexity index is 555. The molecule has 1 aliphatic heterocycles. The first-order valence-corrected chi connectivity index (χ1v) is 5.36. The van der Waals surface area contributed by atoms with E-state index in [0.717, 1.165) is 22.9 Å². The summed E-state index contributed by atoms with van der Waals surface area (Å²) < 4.78 is 6.64. The van der Waals surface area contributed by atoms with Gasteiger partial charge in [-0.15, -0.1) is 0 Å². The standard InChI is InChI=1S/C12H12N2O2/c1-8-2-3-9-7-13-14(10(9)6-8)12(15)11-4-5-16-11/h2-3,6-7,11H,4-5H2,1H3. The Balaban J connectivity index is 2.08. The second-order valence-corrected chi connectivity index (χ2v) is 4.10.